The summed E-state index contributed by atoms with van der Waals surface area (Å²) in [6.45, 7) is 7.35. The van der Waals surface area contributed by atoms with Gasteiger partial charge >= 0.3 is 0 Å². The van der Waals surface area contributed by atoms with Crippen molar-refractivity contribution in [2.75, 3.05) is 20.3 Å². The van der Waals surface area contributed by atoms with Gasteiger partial charge in [-0.2, -0.15) is 0 Å². The number of terminal acetylenes is 1. The summed E-state index contributed by atoms with van der Waals surface area (Å²) in [4.78, 5) is 28.3. The second-order valence-corrected chi connectivity index (χ2v) is 10.6. The number of allylic oxidation sites excluding steroid dienone is 2. The number of guanidine groups is 1. The topological polar surface area (TPSA) is 133 Å². The Morgan fingerprint density at radius 3 is 2.77 bits per heavy atom. The lowest BCUT2D eigenvalue weighted by Gasteiger charge is -2.46. The number of carbonyl (C=O) groups is 2. The first-order valence-electron chi connectivity index (χ1n) is 13.0. The van der Waals surface area contributed by atoms with Gasteiger partial charge in [-0.25, -0.2) is 0 Å². The van der Waals surface area contributed by atoms with E-state index in [2.05, 4.69) is 16.6 Å². The first-order valence-corrected chi connectivity index (χ1v) is 13.0. The molecule has 3 heterocycles. The van der Waals surface area contributed by atoms with E-state index in [0.29, 0.717) is 23.3 Å². The van der Waals surface area contributed by atoms with E-state index in [-0.39, 0.29) is 42.8 Å². The number of aliphatic hydroxyl groups is 1. The third-order valence-electron chi connectivity index (χ3n) is 7.63. The highest BCUT2D eigenvalue weighted by Crippen LogP contribution is 2.40. The molecule has 0 aliphatic carbocycles. The molecule has 39 heavy (non-hydrogen) atoms. The zero-order chi connectivity index (χ0) is 28.5. The van der Waals surface area contributed by atoms with Gasteiger partial charge in [-0.1, -0.05) is 19.1 Å². The molecule has 5 atom stereocenters. The average Bonchev–Trinajstić information content (AvgIpc) is 2.90. The van der Waals surface area contributed by atoms with Gasteiger partial charge in [-0.05, 0) is 51.3 Å². The van der Waals surface area contributed by atoms with Crippen LogP contribution in [0.1, 0.15) is 62.5 Å². The van der Waals surface area contributed by atoms with Crippen molar-refractivity contribution in [2.24, 2.45) is 0 Å². The van der Waals surface area contributed by atoms with Gasteiger partial charge in [0.25, 0.3) is 5.91 Å². The minimum atomic E-state index is -1.42. The van der Waals surface area contributed by atoms with E-state index >= 15 is 0 Å². The Hall–Kier alpha value is -3.81. The van der Waals surface area contributed by atoms with Crippen LogP contribution in [-0.2, 0) is 14.3 Å². The molecule has 0 radical (unpaired) electrons. The van der Waals surface area contributed by atoms with Crippen molar-refractivity contribution in [1.82, 2.24) is 15.5 Å². The van der Waals surface area contributed by atoms with Crippen molar-refractivity contribution >= 4 is 17.8 Å². The van der Waals surface area contributed by atoms with Crippen LogP contribution in [0.2, 0.25) is 0 Å². The first kappa shape index (κ1) is 28.2. The fourth-order valence-electron chi connectivity index (χ4n) is 5.23. The normalized spacial score (nSPS) is 30.7. The van der Waals surface area contributed by atoms with Gasteiger partial charge in [0.2, 0.25) is 5.91 Å². The van der Waals surface area contributed by atoms with Gasteiger partial charge in [-0.15, -0.1) is 6.42 Å². The monoisotopic (exact) mass is 536 g/mol. The first-order chi connectivity index (χ1) is 18.5. The summed E-state index contributed by atoms with van der Waals surface area (Å²) in [7, 11) is 1.52. The molecule has 10 heteroatoms. The van der Waals surface area contributed by atoms with Crippen molar-refractivity contribution in [3.63, 3.8) is 0 Å². The maximum absolute atomic E-state index is 13.5. The number of amides is 2. The van der Waals surface area contributed by atoms with Gasteiger partial charge in [0.15, 0.2) is 11.7 Å². The van der Waals surface area contributed by atoms with E-state index in [1.54, 1.807) is 44.2 Å². The smallest absolute Gasteiger partial charge is 0.251 e. The third-order valence-corrected chi connectivity index (χ3v) is 7.63. The summed E-state index contributed by atoms with van der Waals surface area (Å²) in [5.74, 6) is 2.54. The maximum Gasteiger partial charge on any atom is 0.251 e. The highest BCUT2D eigenvalue weighted by molar-refractivity contribution is 6.00. The predicted molar refractivity (Wildman–Crippen MR) is 145 cm³/mol. The molecule has 208 valence electrons. The summed E-state index contributed by atoms with van der Waals surface area (Å²) >= 11 is 0. The van der Waals surface area contributed by atoms with Crippen LogP contribution < -0.4 is 15.4 Å². The van der Waals surface area contributed by atoms with E-state index in [9.17, 15) is 14.7 Å². The van der Waals surface area contributed by atoms with Crippen LogP contribution in [0.4, 0.5) is 0 Å². The number of fused-ring (bicyclic) bond motifs is 1. The van der Waals surface area contributed by atoms with Crippen LogP contribution in [0.25, 0.3) is 0 Å². The number of carbonyl (C=O) groups excluding carboxylic acids is 2. The molecule has 0 saturated carbocycles. The number of ether oxygens (including phenoxy) is 3. The number of nitrogens with one attached hydrogen (secondary N) is 3. The van der Waals surface area contributed by atoms with Crippen LogP contribution in [0.3, 0.4) is 0 Å². The fraction of sp³-hybridized carbons (Fsp3) is 0.483. The SMILES string of the molecule is C#CC1=C(/C=C\C)[C@@H](NC(=O)c2ccc3c(c2)C(N2C(=N)N[C@](C)(CC)CC2=O)C(OC)CO3)[C@](C)(O)CO1. The molecule has 3 aliphatic rings. The standard InChI is InChI=1S/C29H36N4O6/c1-7-10-18-20(8-2)39-16-29(5,36)25(18)31-26(35)17-11-12-21-19(13-17)24(22(37-6)15-38-21)33-23(34)14-28(4,9-3)32-27(33)30/h2,7,10-13,22,24-25,36H,9,14-16H2,1,3-6H3,(H2,30,32)(H,31,35)/b10-7-/t22?,24?,25-,28-,29-/m1/s1. The Kier molecular flexibility index (Phi) is 7.77. The highest BCUT2D eigenvalue weighted by atomic mass is 16.5. The zero-order valence-corrected chi connectivity index (χ0v) is 23.0. The second kappa shape index (κ2) is 10.8. The molecule has 1 fully saturated rings. The summed E-state index contributed by atoms with van der Waals surface area (Å²) < 4.78 is 17.1. The van der Waals surface area contributed by atoms with Crippen LogP contribution in [0, 0.1) is 17.8 Å². The lowest BCUT2D eigenvalue weighted by Crippen LogP contribution is -2.63. The van der Waals surface area contributed by atoms with Gasteiger partial charge in [0.05, 0.1) is 18.5 Å². The Bertz CT molecular complexity index is 1260. The molecule has 10 nitrogen and oxygen atoms in total. The second-order valence-electron chi connectivity index (χ2n) is 10.6. The Morgan fingerprint density at radius 1 is 1.41 bits per heavy atom. The number of nitrogens with zero attached hydrogens (tertiary/aromatic N) is 1. The van der Waals surface area contributed by atoms with E-state index in [0.717, 1.165) is 0 Å². The molecule has 4 N–H and O–H groups in total. The number of rotatable bonds is 6. The Morgan fingerprint density at radius 2 is 2.15 bits per heavy atom. The predicted octanol–water partition coefficient (Wildman–Crippen LogP) is 2.40. The van der Waals surface area contributed by atoms with Crippen molar-refractivity contribution < 1.29 is 28.9 Å². The number of methoxy groups -OCH3 is 1. The van der Waals surface area contributed by atoms with Gasteiger partial charge in [0.1, 0.15) is 30.7 Å². The Balaban J connectivity index is 1.70. The molecule has 2 unspecified atom stereocenters. The van der Waals surface area contributed by atoms with Crippen LogP contribution in [0.5, 0.6) is 5.75 Å². The molecule has 1 aromatic carbocycles. The van der Waals surface area contributed by atoms with E-state index in [1.807, 2.05) is 13.8 Å². The molecular formula is C29H36N4O6. The van der Waals surface area contributed by atoms with E-state index in [1.165, 1.54) is 12.0 Å². The molecule has 1 saturated heterocycles. The van der Waals surface area contributed by atoms with Gasteiger partial charge in [-0.3, -0.25) is 19.9 Å². The largest absolute Gasteiger partial charge is 0.490 e. The third kappa shape index (κ3) is 5.24. The molecule has 0 aromatic heterocycles. The highest BCUT2D eigenvalue weighted by Gasteiger charge is 2.46. The molecular weight excluding hydrogens is 500 g/mol. The van der Waals surface area contributed by atoms with Crippen molar-refractivity contribution in [3.05, 3.63) is 52.8 Å². The van der Waals surface area contributed by atoms with Gasteiger partial charge in [0, 0.05) is 29.3 Å². The van der Waals surface area contributed by atoms with E-state index < -0.39 is 35.2 Å². The summed E-state index contributed by atoms with van der Waals surface area (Å²) in [6, 6.07) is 3.41. The fourth-order valence-corrected chi connectivity index (χ4v) is 5.23. The molecule has 1 aromatic rings. The maximum atomic E-state index is 13.5. The van der Waals surface area contributed by atoms with Crippen molar-refractivity contribution in [2.45, 2.75) is 69.9 Å². The molecule has 4 rings (SSSR count). The van der Waals surface area contributed by atoms with Crippen LogP contribution in [-0.4, -0.2) is 71.4 Å². The zero-order valence-electron chi connectivity index (χ0n) is 23.0. The molecule has 3 aliphatic heterocycles. The lowest BCUT2D eigenvalue weighted by atomic mass is 9.86. The number of hydrogen-bond donors (Lipinski definition) is 4. The minimum absolute atomic E-state index is 0.0217. The van der Waals surface area contributed by atoms with E-state index in [4.69, 9.17) is 26.0 Å². The lowest BCUT2D eigenvalue weighted by molar-refractivity contribution is -0.136. The van der Waals surface area contributed by atoms with Gasteiger partial charge < -0.3 is 30.0 Å². The van der Waals surface area contributed by atoms with Crippen LogP contribution >= 0.6 is 0 Å². The summed E-state index contributed by atoms with van der Waals surface area (Å²) in [5, 5.41) is 25.8. The summed E-state index contributed by atoms with van der Waals surface area (Å²) in [6.07, 6.45) is 9.40. The quantitative estimate of drug-likeness (QED) is 0.411. The van der Waals surface area contributed by atoms with Crippen LogP contribution in [0.15, 0.2) is 41.7 Å². The molecule has 2 amide bonds. The van der Waals surface area contributed by atoms with Crippen molar-refractivity contribution in [3.8, 4) is 18.1 Å². The minimum Gasteiger partial charge on any atom is -0.490 e. The van der Waals surface area contributed by atoms with Crippen molar-refractivity contribution in [1.29, 1.82) is 5.41 Å². The summed E-state index contributed by atoms with van der Waals surface area (Å²) in [5.41, 5.74) is -0.614. The molecule has 0 bridgehead atoms. The average molecular weight is 537 g/mol. The Labute approximate surface area is 228 Å². The molecule has 0 spiro atoms. The number of hydrogen-bond acceptors (Lipinski definition) is 7. The number of benzene rings is 1.